The maximum Gasteiger partial charge on any atom is 0.344 e. The molecule has 0 radical (unpaired) electrons. The molecule has 4 nitrogen and oxygen atoms in total. The first kappa shape index (κ1) is 18.2. The number of hydrogen-bond donors (Lipinski definition) is 1. The number of carboxylic acids is 1. The van der Waals surface area contributed by atoms with Crippen molar-refractivity contribution in [2.24, 2.45) is 0 Å². The van der Waals surface area contributed by atoms with E-state index < -0.39 is 12.1 Å². The number of thioether (sulfide) groups is 1. The smallest absolute Gasteiger partial charge is 0.344 e. The molecular formula is C19H22O4S. The van der Waals surface area contributed by atoms with Crippen molar-refractivity contribution in [3.8, 4) is 11.5 Å². The summed E-state index contributed by atoms with van der Waals surface area (Å²) in [5, 5.41) is 9.37. The fourth-order valence-corrected chi connectivity index (χ4v) is 3.31. The zero-order chi connectivity index (χ0) is 17.5. The van der Waals surface area contributed by atoms with Gasteiger partial charge in [-0.3, -0.25) is 0 Å². The molecule has 2 rings (SSSR count). The lowest BCUT2D eigenvalue weighted by Gasteiger charge is -2.15. The lowest BCUT2D eigenvalue weighted by Crippen LogP contribution is -2.27. The average Bonchev–Trinajstić information content (AvgIpc) is 2.57. The predicted molar refractivity (Wildman–Crippen MR) is 96.3 cm³/mol. The standard InChI is InChI=1S/C19H22O4S/c1-13-4-5-14(2)18(12-13)24-11-10-17(19(20)21)23-16-8-6-15(22-3)7-9-16/h4-9,12,17H,10-11H2,1-3H3,(H,20,21). The zero-order valence-electron chi connectivity index (χ0n) is 14.1. The van der Waals surface area contributed by atoms with Crippen LogP contribution >= 0.6 is 11.8 Å². The van der Waals surface area contributed by atoms with E-state index in [-0.39, 0.29) is 0 Å². The van der Waals surface area contributed by atoms with Crippen molar-refractivity contribution < 1.29 is 19.4 Å². The van der Waals surface area contributed by atoms with Crippen LogP contribution in [0.3, 0.4) is 0 Å². The Hall–Kier alpha value is -2.14. The zero-order valence-corrected chi connectivity index (χ0v) is 14.9. The van der Waals surface area contributed by atoms with Crippen LogP contribution < -0.4 is 9.47 Å². The monoisotopic (exact) mass is 346 g/mol. The fourth-order valence-electron chi connectivity index (χ4n) is 2.19. The first-order valence-corrected chi connectivity index (χ1v) is 8.71. The van der Waals surface area contributed by atoms with E-state index in [0.29, 0.717) is 23.7 Å². The molecule has 0 aliphatic carbocycles. The van der Waals surface area contributed by atoms with Crippen molar-refractivity contribution >= 4 is 17.7 Å². The quantitative estimate of drug-likeness (QED) is 0.721. The number of methoxy groups -OCH3 is 1. The van der Waals surface area contributed by atoms with Crippen LogP contribution in [0.25, 0.3) is 0 Å². The van der Waals surface area contributed by atoms with E-state index in [1.165, 1.54) is 16.0 Å². The Morgan fingerprint density at radius 1 is 1.12 bits per heavy atom. The molecule has 5 heteroatoms. The summed E-state index contributed by atoms with van der Waals surface area (Å²) >= 11 is 1.66. The molecule has 0 aliphatic heterocycles. The van der Waals surface area contributed by atoms with Gasteiger partial charge in [0.15, 0.2) is 6.10 Å². The Labute approximate surface area is 146 Å². The number of benzene rings is 2. The van der Waals surface area contributed by atoms with Crippen LogP contribution in [0.1, 0.15) is 17.5 Å². The maximum atomic E-state index is 11.4. The third-order valence-electron chi connectivity index (χ3n) is 3.59. The summed E-state index contributed by atoms with van der Waals surface area (Å²) in [5.74, 6) is 0.962. The molecule has 1 unspecified atom stereocenters. The summed E-state index contributed by atoms with van der Waals surface area (Å²) in [5.41, 5.74) is 2.40. The normalized spacial score (nSPS) is 11.8. The highest BCUT2D eigenvalue weighted by Crippen LogP contribution is 2.25. The van der Waals surface area contributed by atoms with Crippen molar-refractivity contribution in [2.45, 2.75) is 31.3 Å². The van der Waals surface area contributed by atoms with Crippen molar-refractivity contribution in [3.05, 3.63) is 53.6 Å². The topological polar surface area (TPSA) is 55.8 Å². The van der Waals surface area contributed by atoms with Crippen LogP contribution in [0, 0.1) is 13.8 Å². The molecule has 0 spiro atoms. The van der Waals surface area contributed by atoms with Gasteiger partial charge in [0.05, 0.1) is 7.11 Å². The van der Waals surface area contributed by atoms with Crippen LogP contribution in [0.15, 0.2) is 47.4 Å². The molecule has 0 bridgehead atoms. The van der Waals surface area contributed by atoms with Gasteiger partial charge in [0, 0.05) is 17.1 Å². The number of aryl methyl sites for hydroxylation is 2. The number of ether oxygens (including phenoxy) is 2. The minimum absolute atomic E-state index is 0.430. The summed E-state index contributed by atoms with van der Waals surface area (Å²) in [6.07, 6.45) is -0.435. The van der Waals surface area contributed by atoms with E-state index in [0.717, 1.165) is 0 Å². The first-order valence-electron chi connectivity index (χ1n) is 7.73. The van der Waals surface area contributed by atoms with Gasteiger partial charge < -0.3 is 14.6 Å². The second-order valence-corrected chi connectivity index (χ2v) is 6.66. The summed E-state index contributed by atoms with van der Waals surface area (Å²) in [6, 6.07) is 13.2. The Balaban J connectivity index is 1.93. The summed E-state index contributed by atoms with van der Waals surface area (Å²) < 4.78 is 10.7. The Kier molecular flexibility index (Phi) is 6.55. The SMILES string of the molecule is COc1ccc(OC(CCSc2cc(C)ccc2C)C(=O)O)cc1. The summed E-state index contributed by atoms with van der Waals surface area (Å²) in [7, 11) is 1.58. The minimum Gasteiger partial charge on any atom is -0.497 e. The van der Waals surface area contributed by atoms with E-state index in [1.807, 2.05) is 0 Å². The Morgan fingerprint density at radius 2 is 1.79 bits per heavy atom. The molecule has 2 aromatic carbocycles. The van der Waals surface area contributed by atoms with Crippen molar-refractivity contribution in [3.63, 3.8) is 0 Å². The summed E-state index contributed by atoms with van der Waals surface area (Å²) in [4.78, 5) is 12.6. The van der Waals surface area contributed by atoms with Crippen LogP contribution in [0.5, 0.6) is 11.5 Å². The number of aliphatic carboxylic acids is 1. The van der Waals surface area contributed by atoms with Gasteiger partial charge in [-0.2, -0.15) is 0 Å². The molecule has 2 aromatic rings. The highest BCUT2D eigenvalue weighted by Gasteiger charge is 2.19. The van der Waals surface area contributed by atoms with Crippen molar-refractivity contribution in [2.75, 3.05) is 12.9 Å². The third kappa shape index (κ3) is 5.20. The lowest BCUT2D eigenvalue weighted by atomic mass is 10.2. The van der Waals surface area contributed by atoms with Gasteiger partial charge in [-0.05, 0) is 49.7 Å². The maximum absolute atomic E-state index is 11.4. The molecule has 0 saturated heterocycles. The minimum atomic E-state index is -0.951. The van der Waals surface area contributed by atoms with Crippen LogP contribution in [0.4, 0.5) is 0 Å². The highest BCUT2D eigenvalue weighted by atomic mass is 32.2. The molecule has 24 heavy (non-hydrogen) atoms. The molecule has 0 amide bonds. The number of carbonyl (C=O) groups is 1. The number of carboxylic acid groups (broad SMARTS) is 1. The van der Waals surface area contributed by atoms with Crippen LogP contribution in [-0.4, -0.2) is 30.0 Å². The van der Waals surface area contributed by atoms with Gasteiger partial charge in [-0.1, -0.05) is 17.7 Å². The second-order valence-electron chi connectivity index (χ2n) is 5.53. The molecular weight excluding hydrogens is 324 g/mol. The summed E-state index contributed by atoms with van der Waals surface area (Å²) in [6.45, 7) is 4.11. The van der Waals surface area contributed by atoms with E-state index in [4.69, 9.17) is 9.47 Å². The molecule has 0 aliphatic rings. The van der Waals surface area contributed by atoms with E-state index in [9.17, 15) is 9.90 Å². The molecule has 1 N–H and O–H groups in total. The van der Waals surface area contributed by atoms with Gasteiger partial charge in [0.1, 0.15) is 11.5 Å². The molecule has 1 atom stereocenters. The highest BCUT2D eigenvalue weighted by molar-refractivity contribution is 7.99. The predicted octanol–water partition coefficient (Wildman–Crippen LogP) is 4.33. The van der Waals surface area contributed by atoms with E-state index in [2.05, 4.69) is 32.0 Å². The van der Waals surface area contributed by atoms with Gasteiger partial charge in [-0.15, -0.1) is 11.8 Å². The number of rotatable bonds is 8. The second kappa shape index (κ2) is 8.64. The Morgan fingerprint density at radius 3 is 2.42 bits per heavy atom. The number of hydrogen-bond acceptors (Lipinski definition) is 4. The molecule has 0 heterocycles. The Bertz CT molecular complexity index is 682. The van der Waals surface area contributed by atoms with E-state index in [1.54, 1.807) is 43.1 Å². The van der Waals surface area contributed by atoms with Gasteiger partial charge in [-0.25, -0.2) is 4.79 Å². The van der Waals surface area contributed by atoms with Gasteiger partial charge in [0.2, 0.25) is 0 Å². The van der Waals surface area contributed by atoms with Crippen molar-refractivity contribution in [1.29, 1.82) is 0 Å². The van der Waals surface area contributed by atoms with Crippen LogP contribution in [0.2, 0.25) is 0 Å². The average molecular weight is 346 g/mol. The fraction of sp³-hybridized carbons (Fsp3) is 0.316. The first-order chi connectivity index (χ1) is 11.5. The van der Waals surface area contributed by atoms with Crippen molar-refractivity contribution in [1.82, 2.24) is 0 Å². The van der Waals surface area contributed by atoms with E-state index >= 15 is 0 Å². The molecule has 128 valence electrons. The van der Waals surface area contributed by atoms with Gasteiger partial charge >= 0.3 is 5.97 Å². The third-order valence-corrected chi connectivity index (χ3v) is 4.79. The molecule has 0 saturated carbocycles. The largest absolute Gasteiger partial charge is 0.497 e. The lowest BCUT2D eigenvalue weighted by molar-refractivity contribution is -0.145. The van der Waals surface area contributed by atoms with Gasteiger partial charge in [0.25, 0.3) is 0 Å². The van der Waals surface area contributed by atoms with Crippen LogP contribution in [-0.2, 0) is 4.79 Å². The molecule has 0 fully saturated rings. The molecule has 0 aromatic heterocycles.